The monoisotopic (exact) mass is 298 g/mol. The third kappa shape index (κ3) is 3.06. The van der Waals surface area contributed by atoms with Crippen LogP contribution in [0.25, 0.3) is 10.9 Å². The lowest BCUT2D eigenvalue weighted by Crippen LogP contribution is -2.13. The quantitative estimate of drug-likeness (QED) is 0.735. The van der Waals surface area contributed by atoms with Crippen LogP contribution in [-0.4, -0.2) is 10.7 Å². The fourth-order valence-corrected chi connectivity index (χ4v) is 3.20. The number of nitrogens with zero attached hydrogens (tertiary/aromatic N) is 1. The highest BCUT2D eigenvalue weighted by Gasteiger charge is 2.11. The molecular formula is C17H15FN2S. The number of benzene rings is 2. The number of rotatable bonds is 4. The number of pyridine rings is 1. The third-order valence-corrected chi connectivity index (χ3v) is 4.50. The van der Waals surface area contributed by atoms with E-state index in [1.165, 1.54) is 17.8 Å². The summed E-state index contributed by atoms with van der Waals surface area (Å²) < 4.78 is 13.6. The molecule has 0 saturated carbocycles. The zero-order valence-electron chi connectivity index (χ0n) is 11.4. The second kappa shape index (κ2) is 6.24. The Balaban J connectivity index is 1.81. The Kier molecular flexibility index (Phi) is 4.18. The average Bonchev–Trinajstić information content (AvgIpc) is 2.53. The van der Waals surface area contributed by atoms with E-state index in [-0.39, 0.29) is 11.9 Å². The van der Waals surface area contributed by atoms with E-state index in [0.717, 1.165) is 16.5 Å². The van der Waals surface area contributed by atoms with Crippen molar-refractivity contribution >= 4 is 22.7 Å². The van der Waals surface area contributed by atoms with Gasteiger partial charge in [0.1, 0.15) is 5.82 Å². The number of thioether (sulfide) groups is 1. The van der Waals surface area contributed by atoms with Gasteiger partial charge >= 0.3 is 0 Å². The van der Waals surface area contributed by atoms with Gasteiger partial charge in [0.25, 0.3) is 0 Å². The molecule has 106 valence electrons. The smallest absolute Gasteiger partial charge is 0.136 e. The zero-order chi connectivity index (χ0) is 14.7. The molecule has 2 nitrogen and oxygen atoms in total. The van der Waals surface area contributed by atoms with Crippen LogP contribution in [0.5, 0.6) is 0 Å². The summed E-state index contributed by atoms with van der Waals surface area (Å²) in [7, 11) is 0. The highest BCUT2D eigenvalue weighted by molar-refractivity contribution is 7.99. The number of halogens is 1. The molecule has 0 aliphatic heterocycles. The normalized spacial score (nSPS) is 12.5. The fourth-order valence-electron chi connectivity index (χ4n) is 2.28. The van der Waals surface area contributed by atoms with E-state index in [1.54, 1.807) is 18.3 Å². The molecule has 0 aliphatic carbocycles. The summed E-state index contributed by atoms with van der Waals surface area (Å²) in [6, 6.07) is 16.5. The molecule has 1 heterocycles. The Morgan fingerprint density at radius 1 is 1.05 bits per heavy atom. The van der Waals surface area contributed by atoms with E-state index in [4.69, 9.17) is 5.73 Å². The van der Waals surface area contributed by atoms with Crippen molar-refractivity contribution in [1.82, 2.24) is 4.98 Å². The maximum Gasteiger partial charge on any atom is 0.136 e. The first-order valence-electron chi connectivity index (χ1n) is 6.72. The van der Waals surface area contributed by atoms with E-state index >= 15 is 0 Å². The number of fused-ring (bicyclic) bond motifs is 1. The van der Waals surface area contributed by atoms with Gasteiger partial charge < -0.3 is 5.73 Å². The molecule has 0 bridgehead atoms. The van der Waals surface area contributed by atoms with Gasteiger partial charge in [-0.2, -0.15) is 0 Å². The zero-order valence-corrected chi connectivity index (χ0v) is 12.2. The lowest BCUT2D eigenvalue weighted by atomic mass is 10.0. The summed E-state index contributed by atoms with van der Waals surface area (Å²) >= 11 is 1.44. The Labute approximate surface area is 127 Å². The topological polar surface area (TPSA) is 38.9 Å². The summed E-state index contributed by atoms with van der Waals surface area (Å²) in [4.78, 5) is 4.97. The van der Waals surface area contributed by atoms with E-state index in [1.807, 2.05) is 36.4 Å². The molecule has 0 spiro atoms. The molecule has 2 N–H and O–H groups in total. The van der Waals surface area contributed by atoms with Gasteiger partial charge in [-0.15, -0.1) is 11.8 Å². The molecule has 0 saturated heterocycles. The van der Waals surface area contributed by atoms with Crippen molar-refractivity contribution in [2.45, 2.75) is 10.9 Å². The van der Waals surface area contributed by atoms with Crippen LogP contribution in [0.3, 0.4) is 0 Å². The Bertz CT molecular complexity index is 755. The fraction of sp³-hybridized carbons (Fsp3) is 0.118. The van der Waals surface area contributed by atoms with E-state index < -0.39 is 0 Å². The van der Waals surface area contributed by atoms with Gasteiger partial charge in [-0.05, 0) is 29.8 Å². The van der Waals surface area contributed by atoms with Crippen molar-refractivity contribution in [3.63, 3.8) is 0 Å². The Morgan fingerprint density at radius 3 is 2.76 bits per heavy atom. The van der Waals surface area contributed by atoms with Gasteiger partial charge in [-0.1, -0.05) is 30.3 Å². The summed E-state index contributed by atoms with van der Waals surface area (Å²) in [6.07, 6.45) is 1.77. The molecule has 2 aromatic carbocycles. The lowest BCUT2D eigenvalue weighted by molar-refractivity contribution is 0.602. The number of nitrogens with two attached hydrogens (primary N) is 1. The van der Waals surface area contributed by atoms with Crippen LogP contribution < -0.4 is 5.73 Å². The minimum Gasteiger partial charge on any atom is -0.323 e. The van der Waals surface area contributed by atoms with Crippen molar-refractivity contribution in [2.75, 3.05) is 5.75 Å². The SMILES string of the molecule is NC(CSc1ccccc1F)c1cccc2ncccc12. The largest absolute Gasteiger partial charge is 0.323 e. The predicted molar refractivity (Wildman–Crippen MR) is 85.8 cm³/mol. The number of hydrogen-bond acceptors (Lipinski definition) is 3. The highest BCUT2D eigenvalue weighted by atomic mass is 32.2. The minimum absolute atomic E-state index is 0.164. The van der Waals surface area contributed by atoms with Crippen LogP contribution in [0.1, 0.15) is 11.6 Å². The maximum absolute atomic E-state index is 13.6. The standard InChI is InChI=1S/C17H15FN2S/c18-14-7-1-2-9-17(14)21-11-15(19)12-5-3-8-16-13(12)6-4-10-20-16/h1-10,15H,11,19H2. The predicted octanol–water partition coefficient (Wildman–Crippen LogP) is 4.17. The van der Waals surface area contributed by atoms with E-state index in [0.29, 0.717) is 10.6 Å². The van der Waals surface area contributed by atoms with Gasteiger partial charge in [-0.25, -0.2) is 4.39 Å². The molecule has 1 atom stereocenters. The Morgan fingerprint density at radius 2 is 1.90 bits per heavy atom. The summed E-state index contributed by atoms with van der Waals surface area (Å²) in [5, 5.41) is 1.06. The molecule has 0 fully saturated rings. The molecular weight excluding hydrogens is 283 g/mol. The molecule has 0 aliphatic rings. The van der Waals surface area contributed by atoms with Crippen molar-refractivity contribution in [3.8, 4) is 0 Å². The number of aromatic nitrogens is 1. The van der Waals surface area contributed by atoms with E-state index in [9.17, 15) is 4.39 Å². The van der Waals surface area contributed by atoms with Crippen LogP contribution in [0.15, 0.2) is 65.7 Å². The van der Waals surface area contributed by atoms with Gasteiger partial charge in [0, 0.05) is 28.3 Å². The average molecular weight is 298 g/mol. The summed E-state index contributed by atoms with van der Waals surface area (Å²) in [5.41, 5.74) is 8.27. The van der Waals surface area contributed by atoms with Crippen LogP contribution in [0, 0.1) is 5.82 Å². The Hall–Kier alpha value is -1.91. The molecule has 4 heteroatoms. The van der Waals surface area contributed by atoms with Gasteiger partial charge in [-0.3, -0.25) is 4.98 Å². The van der Waals surface area contributed by atoms with Crippen molar-refractivity contribution in [3.05, 3.63) is 72.2 Å². The maximum atomic E-state index is 13.6. The second-order valence-corrected chi connectivity index (χ2v) is 5.83. The second-order valence-electron chi connectivity index (χ2n) is 4.77. The van der Waals surface area contributed by atoms with Crippen LogP contribution >= 0.6 is 11.8 Å². The number of hydrogen-bond donors (Lipinski definition) is 1. The van der Waals surface area contributed by atoms with Crippen molar-refractivity contribution < 1.29 is 4.39 Å². The van der Waals surface area contributed by atoms with Crippen LogP contribution in [0.4, 0.5) is 4.39 Å². The van der Waals surface area contributed by atoms with Crippen LogP contribution in [0.2, 0.25) is 0 Å². The molecule has 1 unspecified atom stereocenters. The van der Waals surface area contributed by atoms with Crippen LogP contribution in [-0.2, 0) is 0 Å². The molecule has 21 heavy (non-hydrogen) atoms. The van der Waals surface area contributed by atoms with Gasteiger partial charge in [0.05, 0.1) is 5.52 Å². The third-order valence-electron chi connectivity index (χ3n) is 3.33. The molecule has 1 aromatic heterocycles. The molecule has 0 amide bonds. The molecule has 3 aromatic rings. The highest BCUT2D eigenvalue weighted by Crippen LogP contribution is 2.28. The van der Waals surface area contributed by atoms with E-state index in [2.05, 4.69) is 4.98 Å². The van der Waals surface area contributed by atoms with Crippen molar-refractivity contribution in [2.24, 2.45) is 5.73 Å². The molecule has 3 rings (SSSR count). The minimum atomic E-state index is -0.200. The van der Waals surface area contributed by atoms with Crippen molar-refractivity contribution in [1.29, 1.82) is 0 Å². The molecule has 0 radical (unpaired) electrons. The van der Waals surface area contributed by atoms with Gasteiger partial charge in [0.15, 0.2) is 0 Å². The lowest BCUT2D eigenvalue weighted by Gasteiger charge is -2.14. The first kappa shape index (κ1) is 14.0. The first-order chi connectivity index (χ1) is 10.3. The summed E-state index contributed by atoms with van der Waals surface area (Å²) in [6.45, 7) is 0. The van der Waals surface area contributed by atoms with Gasteiger partial charge in [0.2, 0.25) is 0 Å². The first-order valence-corrected chi connectivity index (χ1v) is 7.71. The summed E-state index contributed by atoms with van der Waals surface area (Å²) in [5.74, 6) is 0.420.